The first-order valence-corrected chi connectivity index (χ1v) is 8.47. The molecule has 0 fully saturated rings. The molecule has 0 heterocycles. The molecule has 0 spiro atoms. The predicted molar refractivity (Wildman–Crippen MR) is 90.4 cm³/mol. The minimum Gasteiger partial charge on any atom is -0.494 e. The average Bonchev–Trinajstić information content (AvgIpc) is 2.37. The standard InChI is InChI=1S/C15H23Br2NO2/c1-11(2)20-7-5-4-6-18-10-12-8-13(16)15(19-3)14(17)9-12/h8-9,11,18H,4-7,10H2,1-3H3. The second-order valence-corrected chi connectivity index (χ2v) is 6.60. The van der Waals surface area contributed by atoms with Gasteiger partial charge in [0.1, 0.15) is 5.75 Å². The number of rotatable bonds is 9. The largest absolute Gasteiger partial charge is 0.494 e. The summed E-state index contributed by atoms with van der Waals surface area (Å²) in [5.74, 6) is 0.833. The third-order valence-corrected chi connectivity index (χ3v) is 3.97. The van der Waals surface area contributed by atoms with Crippen LogP contribution in [-0.2, 0) is 11.3 Å². The lowest BCUT2D eigenvalue weighted by molar-refractivity contribution is 0.0760. The molecule has 0 amide bonds. The van der Waals surface area contributed by atoms with Crippen molar-refractivity contribution < 1.29 is 9.47 Å². The van der Waals surface area contributed by atoms with Crippen LogP contribution in [0.1, 0.15) is 32.3 Å². The van der Waals surface area contributed by atoms with E-state index < -0.39 is 0 Å². The Labute approximate surface area is 138 Å². The first-order chi connectivity index (χ1) is 9.54. The Morgan fingerprint density at radius 1 is 1.15 bits per heavy atom. The SMILES string of the molecule is COc1c(Br)cc(CNCCCCOC(C)C)cc1Br. The van der Waals surface area contributed by atoms with Crippen LogP contribution in [-0.4, -0.2) is 26.4 Å². The minimum atomic E-state index is 0.331. The fraction of sp³-hybridized carbons (Fsp3) is 0.600. The highest BCUT2D eigenvalue weighted by molar-refractivity contribution is 9.11. The zero-order chi connectivity index (χ0) is 15.0. The molecule has 1 aromatic rings. The fourth-order valence-corrected chi connectivity index (χ4v) is 3.42. The Hall–Kier alpha value is -0.100. The van der Waals surface area contributed by atoms with Crippen LogP contribution in [0.5, 0.6) is 5.75 Å². The van der Waals surface area contributed by atoms with Gasteiger partial charge in [0.2, 0.25) is 0 Å². The maximum absolute atomic E-state index is 5.51. The second kappa shape index (κ2) is 9.77. The monoisotopic (exact) mass is 407 g/mol. The smallest absolute Gasteiger partial charge is 0.147 e. The van der Waals surface area contributed by atoms with Gasteiger partial charge in [-0.15, -0.1) is 0 Å². The molecular formula is C15H23Br2NO2. The van der Waals surface area contributed by atoms with Gasteiger partial charge in [-0.1, -0.05) is 0 Å². The zero-order valence-corrected chi connectivity index (χ0v) is 15.5. The van der Waals surface area contributed by atoms with Crippen molar-refractivity contribution >= 4 is 31.9 Å². The fourth-order valence-electron chi connectivity index (χ4n) is 1.81. The molecule has 3 nitrogen and oxygen atoms in total. The van der Waals surface area contributed by atoms with Crippen molar-refractivity contribution in [3.63, 3.8) is 0 Å². The van der Waals surface area contributed by atoms with Crippen molar-refractivity contribution in [1.29, 1.82) is 0 Å². The van der Waals surface area contributed by atoms with E-state index in [2.05, 4.69) is 63.2 Å². The molecule has 1 aromatic carbocycles. The maximum atomic E-state index is 5.51. The summed E-state index contributed by atoms with van der Waals surface area (Å²) in [5, 5.41) is 3.44. The number of hydrogen-bond acceptors (Lipinski definition) is 3. The van der Waals surface area contributed by atoms with Gasteiger partial charge in [-0.25, -0.2) is 0 Å². The van der Waals surface area contributed by atoms with Crippen molar-refractivity contribution in [1.82, 2.24) is 5.32 Å². The zero-order valence-electron chi connectivity index (χ0n) is 12.3. The van der Waals surface area contributed by atoms with Gasteiger partial charge in [-0.3, -0.25) is 0 Å². The molecule has 0 aliphatic rings. The van der Waals surface area contributed by atoms with E-state index in [4.69, 9.17) is 9.47 Å². The molecule has 0 aliphatic carbocycles. The summed E-state index contributed by atoms with van der Waals surface area (Å²) in [5.41, 5.74) is 1.22. The maximum Gasteiger partial charge on any atom is 0.147 e. The first kappa shape index (κ1) is 18.0. The lowest BCUT2D eigenvalue weighted by Crippen LogP contribution is -2.15. The number of halogens is 2. The number of methoxy groups -OCH3 is 1. The lowest BCUT2D eigenvalue weighted by atomic mass is 10.2. The molecule has 1 N–H and O–H groups in total. The Morgan fingerprint density at radius 3 is 2.35 bits per heavy atom. The molecule has 0 saturated carbocycles. The van der Waals surface area contributed by atoms with Crippen molar-refractivity contribution in [3.05, 3.63) is 26.6 Å². The third kappa shape index (κ3) is 6.57. The summed E-state index contributed by atoms with van der Waals surface area (Å²) in [6, 6.07) is 4.16. The molecule has 1 rings (SSSR count). The minimum absolute atomic E-state index is 0.331. The number of hydrogen-bond donors (Lipinski definition) is 1. The lowest BCUT2D eigenvalue weighted by Gasteiger charge is -2.10. The van der Waals surface area contributed by atoms with Crippen LogP contribution >= 0.6 is 31.9 Å². The molecule has 20 heavy (non-hydrogen) atoms. The quantitative estimate of drug-likeness (QED) is 0.609. The average molecular weight is 409 g/mol. The molecule has 0 radical (unpaired) electrons. The molecule has 114 valence electrons. The van der Waals surface area contributed by atoms with E-state index in [-0.39, 0.29) is 0 Å². The second-order valence-electron chi connectivity index (χ2n) is 4.90. The predicted octanol–water partition coefficient (Wildman–Crippen LogP) is 4.52. The van der Waals surface area contributed by atoms with Crippen LogP contribution in [0.3, 0.4) is 0 Å². The van der Waals surface area contributed by atoms with Crippen LogP contribution in [0, 0.1) is 0 Å². The highest BCUT2D eigenvalue weighted by Crippen LogP contribution is 2.34. The van der Waals surface area contributed by atoms with E-state index in [1.165, 1.54) is 5.56 Å². The van der Waals surface area contributed by atoms with Crippen LogP contribution in [0.15, 0.2) is 21.1 Å². The van der Waals surface area contributed by atoms with E-state index in [1.54, 1.807) is 7.11 Å². The summed E-state index contributed by atoms with van der Waals surface area (Å²) in [4.78, 5) is 0. The summed E-state index contributed by atoms with van der Waals surface area (Å²) in [7, 11) is 1.67. The van der Waals surface area contributed by atoms with Crippen molar-refractivity contribution in [3.8, 4) is 5.75 Å². The Balaban J connectivity index is 2.26. The highest BCUT2D eigenvalue weighted by atomic mass is 79.9. The van der Waals surface area contributed by atoms with Gasteiger partial charge in [0, 0.05) is 13.2 Å². The summed E-state index contributed by atoms with van der Waals surface area (Å²) < 4.78 is 12.7. The Morgan fingerprint density at radius 2 is 1.80 bits per heavy atom. The molecule has 0 aliphatic heterocycles. The molecule has 0 bridgehead atoms. The van der Waals surface area contributed by atoms with Gasteiger partial charge >= 0.3 is 0 Å². The van der Waals surface area contributed by atoms with Gasteiger partial charge in [0.15, 0.2) is 0 Å². The van der Waals surface area contributed by atoms with Crippen LogP contribution in [0.25, 0.3) is 0 Å². The summed E-state index contributed by atoms with van der Waals surface area (Å²) >= 11 is 7.03. The van der Waals surface area contributed by atoms with Gasteiger partial charge in [-0.2, -0.15) is 0 Å². The number of ether oxygens (including phenoxy) is 2. The number of benzene rings is 1. The highest BCUT2D eigenvalue weighted by Gasteiger charge is 2.07. The number of nitrogens with one attached hydrogen (secondary N) is 1. The van der Waals surface area contributed by atoms with Gasteiger partial charge in [0.25, 0.3) is 0 Å². The van der Waals surface area contributed by atoms with Crippen molar-refractivity contribution in [2.45, 2.75) is 39.3 Å². The van der Waals surface area contributed by atoms with E-state index >= 15 is 0 Å². The molecule has 5 heteroatoms. The van der Waals surface area contributed by atoms with Crippen molar-refractivity contribution in [2.24, 2.45) is 0 Å². The van der Waals surface area contributed by atoms with E-state index in [9.17, 15) is 0 Å². The van der Waals surface area contributed by atoms with Crippen LogP contribution in [0.4, 0.5) is 0 Å². The van der Waals surface area contributed by atoms with Crippen LogP contribution in [0.2, 0.25) is 0 Å². The molecule has 0 unspecified atom stereocenters. The molecule has 0 saturated heterocycles. The topological polar surface area (TPSA) is 30.5 Å². The van der Waals surface area contributed by atoms with Gasteiger partial charge in [0.05, 0.1) is 22.2 Å². The Bertz CT molecular complexity index is 388. The van der Waals surface area contributed by atoms with E-state index in [0.29, 0.717) is 6.10 Å². The van der Waals surface area contributed by atoms with E-state index in [0.717, 1.165) is 47.2 Å². The molecular weight excluding hydrogens is 386 g/mol. The van der Waals surface area contributed by atoms with E-state index in [1.807, 2.05) is 0 Å². The first-order valence-electron chi connectivity index (χ1n) is 6.88. The summed E-state index contributed by atoms with van der Waals surface area (Å²) in [6.07, 6.45) is 2.56. The van der Waals surface area contributed by atoms with Gasteiger partial charge in [-0.05, 0) is 82.8 Å². The normalized spacial score (nSPS) is 11.1. The van der Waals surface area contributed by atoms with Crippen molar-refractivity contribution in [2.75, 3.05) is 20.3 Å². The Kier molecular flexibility index (Phi) is 8.77. The van der Waals surface area contributed by atoms with Gasteiger partial charge < -0.3 is 14.8 Å². The summed E-state index contributed by atoms with van der Waals surface area (Å²) in [6.45, 7) is 6.84. The molecule has 0 aromatic heterocycles. The van der Waals surface area contributed by atoms with Crippen LogP contribution < -0.4 is 10.1 Å². The number of unbranched alkanes of at least 4 members (excludes halogenated alkanes) is 1. The molecule has 0 atom stereocenters. The third-order valence-electron chi connectivity index (χ3n) is 2.79.